The number of aryl methyl sites for hydroxylation is 4. The minimum absolute atomic E-state index is 0.814. The van der Waals surface area contributed by atoms with Gasteiger partial charge in [0.15, 0.2) is 5.65 Å². The second-order valence-corrected chi connectivity index (χ2v) is 8.03. The zero-order valence-electron chi connectivity index (χ0n) is 18.4. The molecule has 6 heteroatoms. The van der Waals surface area contributed by atoms with Gasteiger partial charge >= 0.3 is 0 Å². The predicted octanol–water partition coefficient (Wildman–Crippen LogP) is 5.23. The van der Waals surface area contributed by atoms with Crippen LogP contribution in [0.3, 0.4) is 0 Å². The lowest BCUT2D eigenvalue weighted by molar-refractivity contribution is 0.777. The van der Waals surface area contributed by atoms with Gasteiger partial charge in [-0.25, -0.2) is 14.5 Å². The van der Waals surface area contributed by atoms with Crippen molar-refractivity contribution in [3.05, 3.63) is 89.8 Å². The van der Waals surface area contributed by atoms with E-state index in [1.54, 1.807) is 10.8 Å². The summed E-state index contributed by atoms with van der Waals surface area (Å²) in [6, 6.07) is 18.8. The molecule has 160 valence electrons. The highest BCUT2D eigenvalue weighted by molar-refractivity contribution is 5.77. The number of hydrogen-bond donors (Lipinski definition) is 1. The Kier molecular flexibility index (Phi) is 5.50. The summed E-state index contributed by atoms with van der Waals surface area (Å²) in [7, 11) is 0. The van der Waals surface area contributed by atoms with E-state index >= 15 is 0 Å². The minimum Gasteiger partial charge on any atom is -0.340 e. The van der Waals surface area contributed by atoms with E-state index in [0.29, 0.717) is 0 Å². The molecule has 0 radical (unpaired) electrons. The first-order chi connectivity index (χ1) is 15.7. The standard InChI is InChI=1S/C26H26N6/c1-3-19-9-4-5-10-20(19)11-7-13-23-30-25(21-14-15-24-27-17-28-32(24)16-21)26(31-23)22-12-6-8-18(2)29-22/h4-6,8-10,12,14-17H,3,7,11,13H2,1-2H3,(H,30,31). The highest BCUT2D eigenvalue weighted by atomic mass is 15.3. The summed E-state index contributed by atoms with van der Waals surface area (Å²) in [5.74, 6) is 0.978. The number of pyridine rings is 2. The molecule has 5 aromatic rings. The van der Waals surface area contributed by atoms with E-state index in [9.17, 15) is 0 Å². The number of H-pyrrole nitrogens is 1. The maximum atomic E-state index is 4.99. The quantitative estimate of drug-likeness (QED) is 0.390. The highest BCUT2D eigenvalue weighted by Crippen LogP contribution is 2.30. The largest absolute Gasteiger partial charge is 0.340 e. The Hall–Kier alpha value is -3.80. The van der Waals surface area contributed by atoms with Crippen LogP contribution in [0.1, 0.15) is 36.0 Å². The van der Waals surface area contributed by atoms with Gasteiger partial charge in [0.2, 0.25) is 0 Å². The van der Waals surface area contributed by atoms with Gasteiger partial charge in [-0.3, -0.25) is 4.98 Å². The van der Waals surface area contributed by atoms with Gasteiger partial charge in [0.25, 0.3) is 0 Å². The maximum Gasteiger partial charge on any atom is 0.155 e. The topological polar surface area (TPSA) is 71.8 Å². The molecule has 0 saturated heterocycles. The Labute approximate surface area is 187 Å². The number of rotatable bonds is 7. The molecule has 5 rings (SSSR count). The molecular formula is C26H26N6. The summed E-state index contributed by atoms with van der Waals surface area (Å²) in [4.78, 5) is 17.5. The van der Waals surface area contributed by atoms with Crippen LogP contribution in [-0.2, 0) is 19.3 Å². The van der Waals surface area contributed by atoms with Crippen LogP contribution in [0.25, 0.3) is 28.3 Å². The summed E-state index contributed by atoms with van der Waals surface area (Å²) < 4.78 is 1.78. The molecule has 1 N–H and O–H groups in total. The lowest BCUT2D eigenvalue weighted by atomic mass is 10.0. The van der Waals surface area contributed by atoms with Crippen molar-refractivity contribution in [2.75, 3.05) is 0 Å². The molecule has 6 nitrogen and oxygen atoms in total. The van der Waals surface area contributed by atoms with Gasteiger partial charge in [-0.15, -0.1) is 0 Å². The third-order valence-electron chi connectivity index (χ3n) is 5.80. The number of aromatic nitrogens is 6. The molecule has 0 fully saturated rings. The molecule has 1 aromatic carbocycles. The van der Waals surface area contributed by atoms with Crippen LogP contribution in [0.5, 0.6) is 0 Å². The number of fused-ring (bicyclic) bond motifs is 1. The fourth-order valence-corrected chi connectivity index (χ4v) is 4.17. The summed E-state index contributed by atoms with van der Waals surface area (Å²) in [6.45, 7) is 4.22. The van der Waals surface area contributed by atoms with Crippen molar-refractivity contribution in [1.29, 1.82) is 0 Å². The molecule has 0 saturated carbocycles. The van der Waals surface area contributed by atoms with Crippen LogP contribution in [-0.4, -0.2) is 29.5 Å². The Morgan fingerprint density at radius 2 is 1.78 bits per heavy atom. The molecule has 0 aliphatic carbocycles. The first kappa shape index (κ1) is 20.1. The van der Waals surface area contributed by atoms with Crippen LogP contribution in [0.15, 0.2) is 67.1 Å². The van der Waals surface area contributed by atoms with Crippen molar-refractivity contribution in [3.63, 3.8) is 0 Å². The molecule has 0 bridgehead atoms. The number of imidazole rings is 1. The molecule has 4 aromatic heterocycles. The van der Waals surface area contributed by atoms with E-state index in [1.165, 1.54) is 11.1 Å². The van der Waals surface area contributed by atoms with Gasteiger partial charge in [-0.1, -0.05) is 37.3 Å². The van der Waals surface area contributed by atoms with Crippen LogP contribution >= 0.6 is 0 Å². The lowest BCUT2D eigenvalue weighted by Gasteiger charge is -2.06. The van der Waals surface area contributed by atoms with Crippen LogP contribution in [0.2, 0.25) is 0 Å². The van der Waals surface area contributed by atoms with Gasteiger partial charge in [0.05, 0.1) is 17.1 Å². The van der Waals surface area contributed by atoms with E-state index in [4.69, 9.17) is 9.97 Å². The monoisotopic (exact) mass is 422 g/mol. The summed E-state index contributed by atoms with van der Waals surface area (Å²) >= 11 is 0. The number of nitrogens with zero attached hydrogens (tertiary/aromatic N) is 5. The lowest BCUT2D eigenvalue weighted by Crippen LogP contribution is -1.96. The Bertz CT molecular complexity index is 1360. The average molecular weight is 423 g/mol. The van der Waals surface area contributed by atoms with E-state index < -0.39 is 0 Å². The molecule has 0 aliphatic heterocycles. The first-order valence-corrected chi connectivity index (χ1v) is 11.1. The normalized spacial score (nSPS) is 11.3. The van der Waals surface area contributed by atoms with Crippen molar-refractivity contribution in [2.24, 2.45) is 0 Å². The number of aromatic amines is 1. The fraction of sp³-hybridized carbons (Fsp3) is 0.231. The number of benzene rings is 1. The third kappa shape index (κ3) is 4.04. The van der Waals surface area contributed by atoms with Crippen LogP contribution in [0.4, 0.5) is 0 Å². The number of nitrogens with one attached hydrogen (secondary N) is 1. The van der Waals surface area contributed by atoms with Crippen LogP contribution in [0, 0.1) is 6.92 Å². The fourth-order valence-electron chi connectivity index (χ4n) is 4.17. The molecular weight excluding hydrogens is 396 g/mol. The Morgan fingerprint density at radius 1 is 0.906 bits per heavy atom. The third-order valence-corrected chi connectivity index (χ3v) is 5.80. The summed E-state index contributed by atoms with van der Waals surface area (Å²) in [5, 5.41) is 4.28. The molecule has 0 amide bonds. The zero-order valence-corrected chi connectivity index (χ0v) is 18.4. The highest BCUT2D eigenvalue weighted by Gasteiger charge is 2.16. The van der Waals surface area contributed by atoms with Gasteiger partial charge in [0.1, 0.15) is 12.2 Å². The Morgan fingerprint density at radius 3 is 2.62 bits per heavy atom. The second kappa shape index (κ2) is 8.75. The van der Waals surface area contributed by atoms with E-state index in [0.717, 1.165) is 65.5 Å². The van der Waals surface area contributed by atoms with Crippen molar-refractivity contribution in [3.8, 4) is 22.6 Å². The van der Waals surface area contributed by atoms with Crippen LogP contribution < -0.4 is 0 Å². The predicted molar refractivity (Wildman–Crippen MR) is 126 cm³/mol. The average Bonchev–Trinajstić information content (AvgIpc) is 3.46. The Balaban J connectivity index is 1.46. The van der Waals surface area contributed by atoms with Crippen molar-refractivity contribution < 1.29 is 0 Å². The SMILES string of the molecule is CCc1ccccc1CCCc1nc(-c2ccc3ncnn3c2)c(-c2cccc(C)n2)[nH]1. The first-order valence-electron chi connectivity index (χ1n) is 11.1. The summed E-state index contributed by atoms with van der Waals surface area (Å²) in [5.41, 5.74) is 8.37. The molecule has 0 aliphatic rings. The molecule has 4 heterocycles. The van der Waals surface area contributed by atoms with Gasteiger partial charge in [-0.2, -0.15) is 5.10 Å². The molecule has 0 spiro atoms. The van der Waals surface area contributed by atoms with E-state index in [-0.39, 0.29) is 0 Å². The number of hydrogen-bond acceptors (Lipinski definition) is 4. The van der Waals surface area contributed by atoms with Gasteiger partial charge in [-0.05, 0) is 61.6 Å². The smallest absolute Gasteiger partial charge is 0.155 e. The molecule has 0 unspecified atom stereocenters. The summed E-state index contributed by atoms with van der Waals surface area (Å²) in [6.07, 6.45) is 7.55. The van der Waals surface area contributed by atoms with Gasteiger partial charge in [0, 0.05) is 23.9 Å². The second-order valence-electron chi connectivity index (χ2n) is 8.03. The van der Waals surface area contributed by atoms with Crippen molar-refractivity contribution in [2.45, 2.75) is 39.5 Å². The zero-order chi connectivity index (χ0) is 21.9. The maximum absolute atomic E-state index is 4.99. The van der Waals surface area contributed by atoms with Crippen molar-refractivity contribution >= 4 is 5.65 Å². The van der Waals surface area contributed by atoms with Crippen molar-refractivity contribution in [1.82, 2.24) is 29.5 Å². The van der Waals surface area contributed by atoms with E-state index in [2.05, 4.69) is 46.3 Å². The molecule has 32 heavy (non-hydrogen) atoms. The molecule has 0 atom stereocenters. The van der Waals surface area contributed by atoms with E-state index in [1.807, 2.05) is 43.5 Å². The van der Waals surface area contributed by atoms with Gasteiger partial charge < -0.3 is 4.98 Å². The minimum atomic E-state index is 0.814.